The van der Waals surface area contributed by atoms with Crippen LogP contribution in [0.4, 0.5) is 0 Å². The molecule has 1 aliphatic heterocycles. The number of piperazine rings is 1. The molecule has 0 saturated carbocycles. The average Bonchev–Trinajstić information content (AvgIpc) is 2.85. The van der Waals surface area contributed by atoms with Crippen LogP contribution in [0.3, 0.4) is 0 Å². The van der Waals surface area contributed by atoms with Crippen molar-refractivity contribution in [2.24, 2.45) is 0 Å². The summed E-state index contributed by atoms with van der Waals surface area (Å²) in [5.74, 6) is 0.362. The van der Waals surface area contributed by atoms with Crippen molar-refractivity contribution in [3.05, 3.63) is 11.5 Å². The molecule has 132 valence electrons. The predicted octanol–water partition coefficient (Wildman–Crippen LogP) is 0.728. The Morgan fingerprint density at radius 3 is 2.09 bits per heavy atom. The Bertz CT molecular complexity index is 727. The molecule has 0 atom stereocenters. The lowest BCUT2D eigenvalue weighted by Crippen LogP contribution is -2.51. The summed E-state index contributed by atoms with van der Waals surface area (Å²) in [6.07, 6.45) is 1.42. The van der Waals surface area contributed by atoms with E-state index in [2.05, 4.69) is 5.16 Å². The van der Waals surface area contributed by atoms with Crippen LogP contribution in [0.1, 0.15) is 31.2 Å². The summed E-state index contributed by atoms with van der Waals surface area (Å²) in [4.78, 5) is 0.0831. The third-order valence-electron chi connectivity index (χ3n) is 3.91. The van der Waals surface area contributed by atoms with Gasteiger partial charge in [-0.15, -0.1) is 0 Å². The number of nitrogens with zero attached hydrogens (tertiary/aromatic N) is 3. The van der Waals surface area contributed by atoms with E-state index in [1.54, 1.807) is 13.8 Å². The average molecular weight is 365 g/mol. The van der Waals surface area contributed by atoms with Crippen molar-refractivity contribution in [1.29, 1.82) is 0 Å². The van der Waals surface area contributed by atoms with Gasteiger partial charge in [0.2, 0.25) is 20.0 Å². The van der Waals surface area contributed by atoms with Gasteiger partial charge in [-0.3, -0.25) is 0 Å². The number of hydrogen-bond acceptors (Lipinski definition) is 6. The second-order valence-corrected chi connectivity index (χ2v) is 9.59. The van der Waals surface area contributed by atoms with Gasteiger partial charge in [-0.05, 0) is 20.3 Å². The first-order chi connectivity index (χ1) is 10.7. The molecule has 1 aromatic rings. The fourth-order valence-electron chi connectivity index (χ4n) is 2.62. The van der Waals surface area contributed by atoms with Gasteiger partial charge in [0.1, 0.15) is 10.6 Å². The molecule has 23 heavy (non-hydrogen) atoms. The molecule has 10 heteroatoms. The highest BCUT2D eigenvalue weighted by Crippen LogP contribution is 2.24. The summed E-state index contributed by atoms with van der Waals surface area (Å²) >= 11 is 0. The Morgan fingerprint density at radius 2 is 1.61 bits per heavy atom. The zero-order valence-electron chi connectivity index (χ0n) is 13.6. The van der Waals surface area contributed by atoms with Crippen molar-refractivity contribution >= 4 is 20.0 Å². The molecular formula is C13H23N3O5S2. The molecule has 0 amide bonds. The first kappa shape index (κ1) is 18.4. The highest BCUT2D eigenvalue weighted by Gasteiger charge is 2.35. The van der Waals surface area contributed by atoms with E-state index in [0.29, 0.717) is 12.1 Å². The molecule has 1 aromatic heterocycles. The summed E-state index contributed by atoms with van der Waals surface area (Å²) in [6.45, 7) is 5.69. The van der Waals surface area contributed by atoms with Gasteiger partial charge in [-0.2, -0.15) is 8.61 Å². The van der Waals surface area contributed by atoms with E-state index in [-0.39, 0.29) is 42.6 Å². The Kier molecular flexibility index (Phi) is 5.49. The molecule has 0 bridgehead atoms. The summed E-state index contributed by atoms with van der Waals surface area (Å²) in [6, 6.07) is 0. The van der Waals surface area contributed by atoms with E-state index in [4.69, 9.17) is 4.52 Å². The Balaban J connectivity index is 2.10. The topological polar surface area (TPSA) is 101 Å². The molecule has 1 saturated heterocycles. The minimum atomic E-state index is -3.71. The Hall–Kier alpha value is -0.970. The van der Waals surface area contributed by atoms with Gasteiger partial charge in [-0.1, -0.05) is 18.5 Å². The van der Waals surface area contributed by atoms with Crippen LogP contribution < -0.4 is 0 Å². The lowest BCUT2D eigenvalue weighted by molar-refractivity contribution is 0.272. The number of unbranched alkanes of at least 4 members (excludes halogenated alkanes) is 1. The normalized spacial score (nSPS) is 18.4. The fraction of sp³-hybridized carbons (Fsp3) is 0.769. The third kappa shape index (κ3) is 3.76. The molecule has 2 heterocycles. The SMILES string of the molecule is CCCCS(=O)(=O)N1CCN(S(=O)(=O)c2c(C)noc2C)CC1. The van der Waals surface area contributed by atoms with E-state index in [1.165, 1.54) is 8.61 Å². The number of aromatic nitrogens is 1. The van der Waals surface area contributed by atoms with Crippen LogP contribution in [-0.4, -0.2) is 62.5 Å². The van der Waals surface area contributed by atoms with E-state index < -0.39 is 20.0 Å². The number of rotatable bonds is 6. The first-order valence-corrected chi connectivity index (χ1v) is 10.7. The quantitative estimate of drug-likeness (QED) is 0.736. The molecule has 1 aliphatic rings. The van der Waals surface area contributed by atoms with Crippen LogP contribution in [-0.2, 0) is 20.0 Å². The Labute approximate surface area is 137 Å². The van der Waals surface area contributed by atoms with Gasteiger partial charge in [0.15, 0.2) is 5.76 Å². The summed E-state index contributed by atoms with van der Waals surface area (Å²) in [5.41, 5.74) is 0.320. The molecule has 8 nitrogen and oxygen atoms in total. The Morgan fingerprint density at radius 1 is 1.04 bits per heavy atom. The molecule has 2 rings (SSSR count). The molecular weight excluding hydrogens is 342 g/mol. The molecule has 0 aliphatic carbocycles. The number of aryl methyl sites for hydroxylation is 2. The molecule has 1 fully saturated rings. The number of hydrogen-bond donors (Lipinski definition) is 0. The lowest BCUT2D eigenvalue weighted by atomic mass is 10.4. The third-order valence-corrected chi connectivity index (χ3v) is 8.01. The summed E-state index contributed by atoms with van der Waals surface area (Å²) in [5, 5.41) is 3.68. The maximum absolute atomic E-state index is 12.7. The van der Waals surface area contributed by atoms with E-state index in [1.807, 2.05) is 6.92 Å². The molecule has 0 spiro atoms. The van der Waals surface area contributed by atoms with Crippen LogP contribution in [0.2, 0.25) is 0 Å². The van der Waals surface area contributed by atoms with E-state index in [9.17, 15) is 16.8 Å². The predicted molar refractivity (Wildman–Crippen MR) is 85.0 cm³/mol. The molecule has 0 N–H and O–H groups in total. The smallest absolute Gasteiger partial charge is 0.248 e. The van der Waals surface area contributed by atoms with Crippen LogP contribution in [0.5, 0.6) is 0 Å². The van der Waals surface area contributed by atoms with E-state index >= 15 is 0 Å². The van der Waals surface area contributed by atoms with Crippen molar-refractivity contribution in [2.45, 2.75) is 38.5 Å². The fourth-order valence-corrected chi connectivity index (χ4v) is 5.96. The van der Waals surface area contributed by atoms with Crippen molar-refractivity contribution in [1.82, 2.24) is 13.8 Å². The standard InChI is InChI=1S/C13H23N3O5S2/c1-4-5-10-22(17,18)15-6-8-16(9-7-15)23(19,20)13-11(2)14-21-12(13)3/h4-10H2,1-3H3. The van der Waals surface area contributed by atoms with Gasteiger partial charge >= 0.3 is 0 Å². The van der Waals surface area contributed by atoms with Crippen LogP contribution in [0.25, 0.3) is 0 Å². The zero-order chi connectivity index (χ0) is 17.3. The van der Waals surface area contributed by atoms with Crippen molar-refractivity contribution in [3.63, 3.8) is 0 Å². The van der Waals surface area contributed by atoms with Crippen LogP contribution in [0.15, 0.2) is 9.42 Å². The number of sulfonamides is 2. The molecule has 0 radical (unpaired) electrons. The monoisotopic (exact) mass is 365 g/mol. The van der Waals surface area contributed by atoms with Gasteiger partial charge < -0.3 is 4.52 Å². The molecule has 0 aromatic carbocycles. The summed E-state index contributed by atoms with van der Waals surface area (Å²) in [7, 11) is -7.01. The maximum Gasteiger partial charge on any atom is 0.248 e. The van der Waals surface area contributed by atoms with Gasteiger partial charge in [0.25, 0.3) is 0 Å². The second-order valence-electron chi connectivity index (χ2n) is 5.63. The highest BCUT2D eigenvalue weighted by molar-refractivity contribution is 7.89. The summed E-state index contributed by atoms with van der Waals surface area (Å²) < 4.78 is 57.3. The van der Waals surface area contributed by atoms with Crippen LogP contribution >= 0.6 is 0 Å². The minimum Gasteiger partial charge on any atom is -0.360 e. The van der Waals surface area contributed by atoms with Gasteiger partial charge in [0, 0.05) is 26.2 Å². The van der Waals surface area contributed by atoms with Crippen molar-refractivity contribution in [2.75, 3.05) is 31.9 Å². The highest BCUT2D eigenvalue weighted by atomic mass is 32.2. The largest absolute Gasteiger partial charge is 0.360 e. The van der Waals surface area contributed by atoms with Crippen LogP contribution in [0, 0.1) is 13.8 Å². The molecule has 0 unspecified atom stereocenters. The van der Waals surface area contributed by atoms with Gasteiger partial charge in [-0.25, -0.2) is 16.8 Å². The van der Waals surface area contributed by atoms with E-state index in [0.717, 1.165) is 6.42 Å². The maximum atomic E-state index is 12.7. The van der Waals surface area contributed by atoms with Gasteiger partial charge in [0.05, 0.1) is 5.75 Å². The lowest BCUT2D eigenvalue weighted by Gasteiger charge is -2.33. The first-order valence-electron chi connectivity index (χ1n) is 7.61. The zero-order valence-corrected chi connectivity index (χ0v) is 15.3. The van der Waals surface area contributed by atoms with Crippen molar-refractivity contribution < 1.29 is 21.4 Å². The van der Waals surface area contributed by atoms with Crippen molar-refractivity contribution in [3.8, 4) is 0 Å². The minimum absolute atomic E-state index is 0.0831. The second kappa shape index (κ2) is 6.88.